The molecule has 2 rings (SSSR count). The Morgan fingerprint density at radius 1 is 1.36 bits per heavy atom. The van der Waals surface area contributed by atoms with Crippen LogP contribution in [0.5, 0.6) is 0 Å². The molecule has 1 fully saturated rings. The Morgan fingerprint density at radius 3 is 2.56 bits per heavy atom. The summed E-state index contributed by atoms with van der Waals surface area (Å²) in [4.78, 5) is 23.9. The van der Waals surface area contributed by atoms with Gasteiger partial charge in [0, 0.05) is 11.8 Å². The summed E-state index contributed by atoms with van der Waals surface area (Å²) in [6.07, 6.45) is 0.771. The van der Waals surface area contributed by atoms with Gasteiger partial charge in [-0.2, -0.15) is 4.31 Å². The Balaban J connectivity index is 2.22. The number of amides is 1. The molecule has 1 saturated heterocycles. The van der Waals surface area contributed by atoms with Crippen LogP contribution < -0.4 is 5.32 Å². The smallest absolute Gasteiger partial charge is 0.337 e. The van der Waals surface area contributed by atoms with Crippen LogP contribution in [0, 0.1) is 0 Å². The van der Waals surface area contributed by atoms with Crippen LogP contribution in [0.25, 0.3) is 0 Å². The van der Waals surface area contributed by atoms with Crippen molar-refractivity contribution >= 4 is 33.7 Å². The monoisotopic (exact) mass is 386 g/mol. The minimum atomic E-state index is -3.83. The number of methoxy groups -OCH3 is 1. The molecular weight excluding hydrogens is 364 g/mol. The molecule has 1 amide bonds. The van der Waals surface area contributed by atoms with E-state index in [0.717, 1.165) is 6.42 Å². The number of hydrogen-bond donors (Lipinski definition) is 1. The quantitative estimate of drug-likeness (QED) is 0.744. The van der Waals surface area contributed by atoms with Crippen molar-refractivity contribution in [2.45, 2.75) is 37.2 Å². The van der Waals surface area contributed by atoms with Gasteiger partial charge in [-0.1, -0.05) is 6.92 Å². The third kappa shape index (κ3) is 4.34. The molecule has 0 aromatic heterocycles. The van der Waals surface area contributed by atoms with E-state index in [1.165, 1.54) is 47.4 Å². The molecule has 1 aromatic carbocycles. The van der Waals surface area contributed by atoms with E-state index in [0.29, 0.717) is 5.75 Å². The lowest BCUT2D eigenvalue weighted by molar-refractivity contribution is -0.124. The van der Waals surface area contributed by atoms with Crippen LogP contribution in [-0.2, 0) is 19.6 Å². The highest BCUT2D eigenvalue weighted by molar-refractivity contribution is 8.00. The van der Waals surface area contributed by atoms with Gasteiger partial charge in [0.15, 0.2) is 0 Å². The highest BCUT2D eigenvalue weighted by Gasteiger charge is 2.40. The Morgan fingerprint density at radius 2 is 2.00 bits per heavy atom. The number of benzene rings is 1. The fraction of sp³-hybridized carbons (Fsp3) is 0.500. The summed E-state index contributed by atoms with van der Waals surface area (Å²) in [6, 6.07) is 4.76. The van der Waals surface area contributed by atoms with Gasteiger partial charge in [0.05, 0.1) is 23.4 Å². The minimum absolute atomic E-state index is 0.0120. The summed E-state index contributed by atoms with van der Waals surface area (Å²) in [5.74, 6) is -0.179. The van der Waals surface area contributed by atoms with Crippen LogP contribution in [0.4, 0.5) is 0 Å². The summed E-state index contributed by atoms with van der Waals surface area (Å²) in [6.45, 7) is 3.83. The highest BCUT2D eigenvalue weighted by Crippen LogP contribution is 2.28. The Hall–Kier alpha value is -1.58. The van der Waals surface area contributed by atoms with Crippen LogP contribution in [0.3, 0.4) is 0 Å². The number of rotatable bonds is 6. The van der Waals surface area contributed by atoms with Gasteiger partial charge in [0.2, 0.25) is 15.9 Å². The van der Waals surface area contributed by atoms with Gasteiger partial charge in [0.25, 0.3) is 0 Å². The lowest BCUT2D eigenvalue weighted by Gasteiger charge is -2.24. The third-order valence-electron chi connectivity index (χ3n) is 4.03. The molecule has 1 N–H and O–H groups in total. The lowest BCUT2D eigenvalue weighted by atomic mass is 10.2. The molecule has 9 heteroatoms. The topological polar surface area (TPSA) is 92.8 Å². The zero-order valence-electron chi connectivity index (χ0n) is 14.4. The van der Waals surface area contributed by atoms with E-state index in [4.69, 9.17) is 0 Å². The number of carbonyl (C=O) groups is 2. The zero-order valence-corrected chi connectivity index (χ0v) is 16.0. The van der Waals surface area contributed by atoms with E-state index in [1.54, 1.807) is 0 Å². The van der Waals surface area contributed by atoms with Crippen molar-refractivity contribution < 1.29 is 22.7 Å². The maximum absolute atomic E-state index is 12.9. The van der Waals surface area contributed by atoms with Gasteiger partial charge in [-0.3, -0.25) is 4.79 Å². The number of thioether (sulfide) groups is 1. The predicted octanol–water partition coefficient (Wildman–Crippen LogP) is 1.45. The number of ether oxygens (including phenoxy) is 1. The molecule has 0 unspecified atom stereocenters. The molecule has 0 saturated carbocycles. The molecule has 0 radical (unpaired) electrons. The molecule has 1 heterocycles. The van der Waals surface area contributed by atoms with Gasteiger partial charge < -0.3 is 10.1 Å². The lowest BCUT2D eigenvalue weighted by Crippen LogP contribution is -2.49. The SMILES string of the molecule is CC[C@H](C)NC(=O)[C@@H]1CSCN1S(=O)(=O)c1ccc(C(=O)OC)cc1. The van der Waals surface area contributed by atoms with E-state index < -0.39 is 22.0 Å². The van der Waals surface area contributed by atoms with Gasteiger partial charge in [-0.05, 0) is 37.6 Å². The number of nitrogens with one attached hydrogen (secondary N) is 1. The first kappa shape index (κ1) is 19.7. The highest BCUT2D eigenvalue weighted by atomic mass is 32.2. The molecule has 1 aromatic rings. The normalized spacial score (nSPS) is 19.4. The molecule has 0 aliphatic carbocycles. The summed E-state index contributed by atoms with van der Waals surface area (Å²) in [5, 5.41) is 2.84. The first-order chi connectivity index (χ1) is 11.8. The van der Waals surface area contributed by atoms with Crippen molar-refractivity contribution in [2.24, 2.45) is 0 Å². The fourth-order valence-electron chi connectivity index (χ4n) is 2.33. The zero-order chi connectivity index (χ0) is 18.6. The Bertz CT molecular complexity index is 733. The second-order valence-electron chi connectivity index (χ2n) is 5.74. The van der Waals surface area contributed by atoms with E-state index >= 15 is 0 Å². The van der Waals surface area contributed by atoms with E-state index in [9.17, 15) is 18.0 Å². The van der Waals surface area contributed by atoms with Gasteiger partial charge in [-0.15, -0.1) is 11.8 Å². The number of carbonyl (C=O) groups excluding carboxylic acids is 2. The minimum Gasteiger partial charge on any atom is -0.465 e. The van der Waals surface area contributed by atoms with Crippen molar-refractivity contribution in [1.29, 1.82) is 0 Å². The van der Waals surface area contributed by atoms with Crippen molar-refractivity contribution in [2.75, 3.05) is 18.7 Å². The standard InChI is InChI=1S/C16H22N2O5S2/c1-4-11(2)17-15(19)14-9-24-10-18(14)25(21,22)13-7-5-12(6-8-13)16(20)23-3/h5-8,11,14H,4,9-10H2,1-3H3,(H,17,19)/t11-,14-/m0/s1. The molecular formula is C16H22N2O5S2. The average Bonchev–Trinajstić information content (AvgIpc) is 3.11. The van der Waals surface area contributed by atoms with Crippen molar-refractivity contribution in [3.63, 3.8) is 0 Å². The van der Waals surface area contributed by atoms with Crippen LogP contribution >= 0.6 is 11.8 Å². The Labute approximate surface area is 152 Å². The van der Waals surface area contributed by atoms with Crippen LogP contribution in [0.15, 0.2) is 29.2 Å². The second-order valence-corrected chi connectivity index (χ2v) is 8.63. The molecule has 7 nitrogen and oxygen atoms in total. The largest absolute Gasteiger partial charge is 0.465 e. The maximum Gasteiger partial charge on any atom is 0.337 e. The fourth-order valence-corrected chi connectivity index (χ4v) is 5.48. The van der Waals surface area contributed by atoms with Crippen molar-refractivity contribution in [1.82, 2.24) is 9.62 Å². The molecule has 2 atom stereocenters. The van der Waals surface area contributed by atoms with Crippen LogP contribution in [0.1, 0.15) is 30.6 Å². The van der Waals surface area contributed by atoms with Crippen LogP contribution in [0.2, 0.25) is 0 Å². The molecule has 0 bridgehead atoms. The predicted molar refractivity (Wildman–Crippen MR) is 95.8 cm³/mol. The van der Waals surface area contributed by atoms with Gasteiger partial charge in [0.1, 0.15) is 6.04 Å². The Kier molecular flexibility index (Phi) is 6.47. The second kappa shape index (κ2) is 8.20. The van der Waals surface area contributed by atoms with E-state index in [-0.39, 0.29) is 28.3 Å². The van der Waals surface area contributed by atoms with Crippen molar-refractivity contribution in [3.05, 3.63) is 29.8 Å². The molecule has 25 heavy (non-hydrogen) atoms. The van der Waals surface area contributed by atoms with Crippen molar-refractivity contribution in [3.8, 4) is 0 Å². The maximum atomic E-state index is 12.9. The number of esters is 1. The summed E-state index contributed by atoms with van der Waals surface area (Å²) in [7, 11) is -2.57. The number of nitrogens with zero attached hydrogens (tertiary/aromatic N) is 1. The molecule has 1 aliphatic rings. The molecule has 1 aliphatic heterocycles. The van der Waals surface area contributed by atoms with Gasteiger partial charge in [-0.25, -0.2) is 13.2 Å². The number of sulfonamides is 1. The first-order valence-electron chi connectivity index (χ1n) is 7.89. The van der Waals surface area contributed by atoms with Gasteiger partial charge >= 0.3 is 5.97 Å². The van der Waals surface area contributed by atoms with E-state index in [2.05, 4.69) is 10.1 Å². The summed E-state index contributed by atoms with van der Waals surface area (Å²) < 4.78 is 31.6. The average molecular weight is 386 g/mol. The van der Waals surface area contributed by atoms with E-state index in [1.807, 2.05) is 13.8 Å². The van der Waals surface area contributed by atoms with Crippen LogP contribution in [-0.4, -0.2) is 55.4 Å². The molecule has 138 valence electrons. The third-order valence-corrected chi connectivity index (χ3v) is 7.07. The molecule has 0 spiro atoms. The summed E-state index contributed by atoms with van der Waals surface area (Å²) in [5.41, 5.74) is 0.267. The first-order valence-corrected chi connectivity index (χ1v) is 10.5. The summed E-state index contributed by atoms with van der Waals surface area (Å²) >= 11 is 1.40. The number of hydrogen-bond acceptors (Lipinski definition) is 6.